The second-order valence-corrected chi connectivity index (χ2v) is 7.65. The van der Waals surface area contributed by atoms with Crippen molar-refractivity contribution in [2.45, 2.75) is 12.8 Å². The number of unbranched alkanes of at least 4 members (excludes halogenated alkanes) is 1. The van der Waals surface area contributed by atoms with Crippen LogP contribution in [0.2, 0.25) is 0 Å². The third-order valence-electron chi connectivity index (χ3n) is 2.28. The molecule has 0 amide bonds. The molecule has 108 valence electrons. The van der Waals surface area contributed by atoms with Gasteiger partial charge < -0.3 is 14.9 Å². The molecule has 0 aliphatic carbocycles. The van der Waals surface area contributed by atoms with Crippen LogP contribution < -0.4 is 4.72 Å². The second kappa shape index (κ2) is 6.38. The number of hydrogen-bond acceptors (Lipinski definition) is 4. The molecule has 0 fully saturated rings. The molecule has 0 aliphatic heterocycles. The molecule has 0 bridgehead atoms. The molecule has 0 spiro atoms. The van der Waals surface area contributed by atoms with Crippen molar-refractivity contribution in [1.29, 1.82) is 0 Å². The van der Waals surface area contributed by atoms with E-state index in [2.05, 4.69) is 4.72 Å². The molecule has 0 aliphatic rings. The SMILES string of the molecule is O=P(O)(O)CCCCS(=O)(=O)Nc1ccccc1O. The summed E-state index contributed by atoms with van der Waals surface area (Å²) in [5.41, 5.74) is 0.0810. The van der Waals surface area contributed by atoms with E-state index in [9.17, 15) is 18.1 Å². The van der Waals surface area contributed by atoms with Gasteiger partial charge in [0.2, 0.25) is 10.0 Å². The van der Waals surface area contributed by atoms with Gasteiger partial charge in [0.05, 0.1) is 11.4 Å². The first-order valence-corrected chi connectivity index (χ1v) is 8.98. The van der Waals surface area contributed by atoms with E-state index in [1.165, 1.54) is 12.1 Å². The number of hydrogen-bond donors (Lipinski definition) is 4. The van der Waals surface area contributed by atoms with E-state index in [0.29, 0.717) is 0 Å². The first-order chi connectivity index (χ1) is 8.70. The molecule has 0 aromatic heterocycles. The van der Waals surface area contributed by atoms with Crippen molar-refractivity contribution in [3.8, 4) is 5.75 Å². The van der Waals surface area contributed by atoms with Gasteiger partial charge in [-0.15, -0.1) is 0 Å². The number of rotatable bonds is 7. The van der Waals surface area contributed by atoms with Gasteiger partial charge >= 0.3 is 7.60 Å². The fourth-order valence-corrected chi connectivity index (χ4v) is 3.22. The summed E-state index contributed by atoms with van der Waals surface area (Å²) in [5, 5.41) is 9.42. The third-order valence-corrected chi connectivity index (χ3v) is 4.54. The Hall–Kier alpha value is -1.08. The minimum Gasteiger partial charge on any atom is -0.506 e. The maximum absolute atomic E-state index is 11.7. The Kier molecular flexibility index (Phi) is 5.37. The molecule has 1 aromatic rings. The molecule has 7 nitrogen and oxygen atoms in total. The van der Waals surface area contributed by atoms with Crippen LogP contribution in [-0.4, -0.2) is 35.2 Å². The van der Waals surface area contributed by atoms with Crippen molar-refractivity contribution in [2.75, 3.05) is 16.6 Å². The molecule has 1 aromatic carbocycles. The van der Waals surface area contributed by atoms with Gasteiger partial charge in [0, 0.05) is 6.16 Å². The highest BCUT2D eigenvalue weighted by Crippen LogP contribution is 2.35. The maximum Gasteiger partial charge on any atom is 0.325 e. The minimum atomic E-state index is -4.08. The van der Waals surface area contributed by atoms with Gasteiger partial charge in [-0.2, -0.15) is 0 Å². The highest BCUT2D eigenvalue weighted by atomic mass is 32.2. The Morgan fingerprint density at radius 2 is 1.79 bits per heavy atom. The Morgan fingerprint density at radius 1 is 1.16 bits per heavy atom. The van der Waals surface area contributed by atoms with Gasteiger partial charge in [0.25, 0.3) is 0 Å². The number of phenols is 1. The molecule has 0 saturated carbocycles. The highest BCUT2D eigenvalue weighted by molar-refractivity contribution is 7.92. The summed E-state index contributed by atoms with van der Waals surface area (Å²) in [7, 11) is -7.72. The number of phenolic OH excluding ortho intramolecular Hbond substituents is 1. The van der Waals surface area contributed by atoms with Crippen LogP contribution in [0.3, 0.4) is 0 Å². The van der Waals surface area contributed by atoms with E-state index in [4.69, 9.17) is 9.79 Å². The number of nitrogens with one attached hydrogen (secondary N) is 1. The molecule has 0 heterocycles. The lowest BCUT2D eigenvalue weighted by atomic mass is 10.3. The molecule has 9 heteroatoms. The van der Waals surface area contributed by atoms with Crippen molar-refractivity contribution in [2.24, 2.45) is 0 Å². The van der Waals surface area contributed by atoms with Crippen molar-refractivity contribution in [3.63, 3.8) is 0 Å². The Labute approximate surface area is 111 Å². The van der Waals surface area contributed by atoms with Gasteiger partial charge in [-0.3, -0.25) is 9.29 Å². The predicted molar refractivity (Wildman–Crippen MR) is 71.7 cm³/mol. The molecule has 0 atom stereocenters. The fourth-order valence-electron chi connectivity index (χ4n) is 1.39. The first-order valence-electron chi connectivity index (χ1n) is 5.53. The van der Waals surface area contributed by atoms with Crippen molar-refractivity contribution < 1.29 is 27.9 Å². The standard InChI is InChI=1S/C10H16NO6PS/c12-10-6-2-1-5-9(10)11-19(16,17)8-4-3-7-18(13,14)15/h1-2,5-6,11-12H,3-4,7-8H2,(H2,13,14,15). The molecule has 0 radical (unpaired) electrons. The number of sulfonamides is 1. The van der Waals surface area contributed by atoms with Crippen LogP contribution in [0, 0.1) is 0 Å². The van der Waals surface area contributed by atoms with Crippen LogP contribution >= 0.6 is 7.60 Å². The molecule has 1 rings (SSSR count). The number of para-hydroxylation sites is 2. The summed E-state index contributed by atoms with van der Waals surface area (Å²) in [4.78, 5) is 17.3. The predicted octanol–water partition coefficient (Wildman–Crippen LogP) is 1.09. The van der Waals surface area contributed by atoms with Crippen LogP contribution in [0.4, 0.5) is 5.69 Å². The molecule has 0 unspecified atom stereocenters. The number of benzene rings is 1. The topological polar surface area (TPSA) is 124 Å². The summed E-state index contributed by atoms with van der Waals surface area (Å²) in [5.74, 6) is -0.442. The van der Waals surface area contributed by atoms with Crippen LogP contribution in [-0.2, 0) is 14.6 Å². The Morgan fingerprint density at radius 3 is 2.37 bits per heavy atom. The summed E-state index contributed by atoms with van der Waals surface area (Å²) >= 11 is 0. The zero-order chi connectivity index (χ0) is 14.5. The zero-order valence-electron chi connectivity index (χ0n) is 10.1. The van der Waals surface area contributed by atoms with Gasteiger partial charge in [0.15, 0.2) is 0 Å². The van der Waals surface area contributed by atoms with Gasteiger partial charge in [0.1, 0.15) is 5.75 Å². The monoisotopic (exact) mass is 309 g/mol. The maximum atomic E-state index is 11.7. The van der Waals surface area contributed by atoms with Crippen LogP contribution in [0.5, 0.6) is 5.75 Å². The molecule has 0 saturated heterocycles. The van der Waals surface area contributed by atoms with E-state index >= 15 is 0 Å². The second-order valence-electron chi connectivity index (χ2n) is 4.03. The van der Waals surface area contributed by atoms with Crippen molar-refractivity contribution >= 4 is 23.3 Å². The summed E-state index contributed by atoms with van der Waals surface area (Å²) < 4.78 is 36.1. The van der Waals surface area contributed by atoms with E-state index in [0.717, 1.165) is 0 Å². The molecular weight excluding hydrogens is 293 g/mol. The van der Waals surface area contributed by atoms with Crippen molar-refractivity contribution in [1.82, 2.24) is 0 Å². The van der Waals surface area contributed by atoms with Crippen LogP contribution in [0.1, 0.15) is 12.8 Å². The van der Waals surface area contributed by atoms with Gasteiger partial charge in [-0.05, 0) is 25.0 Å². The van der Waals surface area contributed by atoms with Crippen LogP contribution in [0.25, 0.3) is 0 Å². The number of anilines is 1. The molecule has 19 heavy (non-hydrogen) atoms. The van der Waals surface area contributed by atoms with E-state index < -0.39 is 17.6 Å². The fraction of sp³-hybridized carbons (Fsp3) is 0.400. The minimum absolute atomic E-state index is 0.0810. The van der Waals surface area contributed by atoms with E-state index in [1.54, 1.807) is 12.1 Å². The van der Waals surface area contributed by atoms with Crippen LogP contribution in [0.15, 0.2) is 24.3 Å². The average Bonchev–Trinajstić information content (AvgIpc) is 2.26. The van der Waals surface area contributed by atoms with Gasteiger partial charge in [-0.25, -0.2) is 8.42 Å². The summed E-state index contributed by atoms with van der Waals surface area (Å²) in [6.45, 7) is 0. The third kappa shape index (κ3) is 6.58. The van der Waals surface area contributed by atoms with E-state index in [-0.39, 0.29) is 36.2 Å². The van der Waals surface area contributed by atoms with E-state index in [1.807, 2.05) is 0 Å². The largest absolute Gasteiger partial charge is 0.506 e. The Balaban J connectivity index is 2.49. The summed E-state index contributed by atoms with van der Waals surface area (Å²) in [6, 6.07) is 5.91. The number of aromatic hydroxyl groups is 1. The first kappa shape index (κ1) is 16.0. The summed E-state index contributed by atoms with van der Waals surface area (Å²) in [6.07, 6.45) is -0.0842. The lowest BCUT2D eigenvalue weighted by Gasteiger charge is -2.09. The quantitative estimate of drug-likeness (QED) is 0.339. The lowest BCUT2D eigenvalue weighted by molar-refractivity contribution is 0.371. The molecular formula is C10H16NO6PS. The smallest absolute Gasteiger partial charge is 0.325 e. The molecule has 4 N–H and O–H groups in total. The van der Waals surface area contributed by atoms with Gasteiger partial charge in [-0.1, -0.05) is 12.1 Å². The average molecular weight is 309 g/mol. The normalized spacial score (nSPS) is 12.3. The zero-order valence-corrected chi connectivity index (χ0v) is 11.8. The highest BCUT2D eigenvalue weighted by Gasteiger charge is 2.15. The van der Waals surface area contributed by atoms with Crippen molar-refractivity contribution in [3.05, 3.63) is 24.3 Å². The Bertz CT molecular complexity index is 567. The lowest BCUT2D eigenvalue weighted by Crippen LogP contribution is -2.17.